The lowest BCUT2D eigenvalue weighted by Crippen LogP contribution is -2.50. The molecule has 1 aromatic heterocycles. The normalized spacial score (nSPS) is 23.2. The van der Waals surface area contributed by atoms with Gasteiger partial charge in [-0.15, -0.1) is 0 Å². The third-order valence-electron chi connectivity index (χ3n) is 4.07. The molecular weight excluding hydrogens is 240 g/mol. The van der Waals surface area contributed by atoms with E-state index in [0.717, 1.165) is 51.9 Å². The van der Waals surface area contributed by atoms with E-state index in [4.69, 9.17) is 0 Å². The fraction of sp³-hybridized carbons (Fsp3) is 0.714. The van der Waals surface area contributed by atoms with Gasteiger partial charge < -0.3 is 15.2 Å². The molecule has 1 amide bonds. The second-order valence-corrected chi connectivity index (χ2v) is 5.32. The zero-order valence-corrected chi connectivity index (χ0v) is 11.7. The highest BCUT2D eigenvalue weighted by Crippen LogP contribution is 2.30. The number of rotatable bonds is 6. The van der Waals surface area contributed by atoms with E-state index in [9.17, 15) is 4.79 Å². The first-order chi connectivity index (χ1) is 9.27. The fourth-order valence-electron chi connectivity index (χ4n) is 2.69. The number of aromatic nitrogens is 2. The van der Waals surface area contributed by atoms with Crippen molar-refractivity contribution in [3.05, 3.63) is 18.7 Å². The van der Waals surface area contributed by atoms with Crippen LogP contribution in [0, 0.1) is 5.41 Å². The average Bonchev–Trinajstić information content (AvgIpc) is 2.97. The largest absolute Gasteiger partial charge is 0.356 e. The minimum Gasteiger partial charge on any atom is -0.356 e. The van der Waals surface area contributed by atoms with Crippen molar-refractivity contribution in [2.75, 3.05) is 19.6 Å². The number of amides is 1. The number of carbonyl (C=O) groups is 1. The van der Waals surface area contributed by atoms with Crippen molar-refractivity contribution in [2.24, 2.45) is 5.41 Å². The summed E-state index contributed by atoms with van der Waals surface area (Å²) in [6.45, 7) is 5.60. The van der Waals surface area contributed by atoms with E-state index in [0.29, 0.717) is 0 Å². The van der Waals surface area contributed by atoms with Gasteiger partial charge in [-0.1, -0.05) is 6.92 Å². The molecule has 1 unspecified atom stereocenters. The quantitative estimate of drug-likeness (QED) is 0.758. The Balaban J connectivity index is 1.73. The van der Waals surface area contributed by atoms with Gasteiger partial charge in [0.2, 0.25) is 5.91 Å². The molecule has 0 aliphatic carbocycles. The van der Waals surface area contributed by atoms with Crippen LogP contribution < -0.4 is 10.6 Å². The van der Waals surface area contributed by atoms with E-state index in [1.54, 1.807) is 12.5 Å². The zero-order valence-electron chi connectivity index (χ0n) is 11.7. The maximum absolute atomic E-state index is 12.3. The minimum absolute atomic E-state index is 0.187. The van der Waals surface area contributed by atoms with E-state index in [1.165, 1.54) is 0 Å². The fourth-order valence-corrected chi connectivity index (χ4v) is 2.69. The zero-order chi connectivity index (χ0) is 13.6. The van der Waals surface area contributed by atoms with Crippen LogP contribution in [0.1, 0.15) is 32.6 Å². The summed E-state index contributed by atoms with van der Waals surface area (Å²) >= 11 is 0. The predicted octanol–water partition coefficient (Wildman–Crippen LogP) is 1.17. The Morgan fingerprint density at radius 3 is 3.11 bits per heavy atom. The molecule has 1 saturated heterocycles. The SMILES string of the molecule is CCC1(C(=O)NCCCn2ccnc2)CCCNC1. The lowest BCUT2D eigenvalue weighted by Gasteiger charge is -2.35. The summed E-state index contributed by atoms with van der Waals surface area (Å²) in [7, 11) is 0. The highest BCUT2D eigenvalue weighted by Gasteiger charge is 2.37. The third kappa shape index (κ3) is 3.56. The first kappa shape index (κ1) is 14.1. The number of hydrogen-bond donors (Lipinski definition) is 2. The first-order valence-electron chi connectivity index (χ1n) is 7.21. The Hall–Kier alpha value is -1.36. The molecule has 19 heavy (non-hydrogen) atoms. The standard InChI is InChI=1S/C14H24N4O/c1-2-14(5-3-6-15-11-14)13(19)17-7-4-9-18-10-8-16-12-18/h8,10,12,15H,2-7,9,11H2,1H3,(H,17,19). The molecule has 0 bridgehead atoms. The summed E-state index contributed by atoms with van der Waals surface area (Å²) in [5.74, 6) is 0.216. The number of nitrogens with zero attached hydrogens (tertiary/aromatic N) is 2. The molecule has 1 aliphatic rings. The monoisotopic (exact) mass is 264 g/mol. The number of imidazole rings is 1. The number of nitrogens with one attached hydrogen (secondary N) is 2. The average molecular weight is 264 g/mol. The van der Waals surface area contributed by atoms with Gasteiger partial charge in [-0.25, -0.2) is 4.98 Å². The Morgan fingerprint density at radius 2 is 2.47 bits per heavy atom. The van der Waals surface area contributed by atoms with E-state index in [2.05, 4.69) is 22.5 Å². The summed E-state index contributed by atoms with van der Waals surface area (Å²) in [5, 5.41) is 6.44. The number of carbonyl (C=O) groups excluding carboxylic acids is 1. The van der Waals surface area contributed by atoms with Crippen molar-refractivity contribution in [3.8, 4) is 0 Å². The third-order valence-corrected chi connectivity index (χ3v) is 4.07. The van der Waals surface area contributed by atoms with Crippen molar-refractivity contribution in [1.82, 2.24) is 20.2 Å². The summed E-state index contributed by atoms with van der Waals surface area (Å²) in [6.07, 6.45) is 9.47. The van der Waals surface area contributed by atoms with Gasteiger partial charge in [-0.05, 0) is 32.2 Å². The molecule has 2 rings (SSSR count). The molecule has 5 heteroatoms. The molecule has 2 N–H and O–H groups in total. The van der Waals surface area contributed by atoms with E-state index in [-0.39, 0.29) is 11.3 Å². The summed E-state index contributed by atoms with van der Waals surface area (Å²) < 4.78 is 2.03. The highest BCUT2D eigenvalue weighted by molar-refractivity contribution is 5.82. The Morgan fingerprint density at radius 1 is 1.58 bits per heavy atom. The molecule has 5 nitrogen and oxygen atoms in total. The number of hydrogen-bond acceptors (Lipinski definition) is 3. The van der Waals surface area contributed by atoms with E-state index in [1.807, 2.05) is 10.8 Å². The van der Waals surface area contributed by atoms with Gasteiger partial charge in [-0.2, -0.15) is 0 Å². The maximum Gasteiger partial charge on any atom is 0.227 e. The Labute approximate surface area is 114 Å². The molecule has 106 valence electrons. The van der Waals surface area contributed by atoms with Gasteiger partial charge in [0.25, 0.3) is 0 Å². The van der Waals surface area contributed by atoms with Gasteiger partial charge in [0, 0.05) is 32.0 Å². The van der Waals surface area contributed by atoms with Crippen molar-refractivity contribution < 1.29 is 4.79 Å². The van der Waals surface area contributed by atoms with Gasteiger partial charge in [0.1, 0.15) is 0 Å². The number of piperidine rings is 1. The molecule has 1 atom stereocenters. The highest BCUT2D eigenvalue weighted by atomic mass is 16.2. The van der Waals surface area contributed by atoms with Gasteiger partial charge in [0.05, 0.1) is 11.7 Å². The van der Waals surface area contributed by atoms with Crippen LogP contribution in [-0.4, -0.2) is 35.1 Å². The Bertz CT molecular complexity index is 382. The summed E-state index contributed by atoms with van der Waals surface area (Å²) in [5.41, 5.74) is -0.187. The lowest BCUT2D eigenvalue weighted by molar-refractivity contribution is -0.132. The predicted molar refractivity (Wildman–Crippen MR) is 74.7 cm³/mol. The van der Waals surface area contributed by atoms with Crippen LogP contribution >= 0.6 is 0 Å². The smallest absolute Gasteiger partial charge is 0.227 e. The second kappa shape index (κ2) is 6.70. The minimum atomic E-state index is -0.187. The molecule has 2 heterocycles. The van der Waals surface area contributed by atoms with Crippen LogP contribution in [0.25, 0.3) is 0 Å². The van der Waals surface area contributed by atoms with Crippen molar-refractivity contribution >= 4 is 5.91 Å². The molecule has 1 aromatic rings. The lowest BCUT2D eigenvalue weighted by atomic mass is 9.77. The first-order valence-corrected chi connectivity index (χ1v) is 7.21. The van der Waals surface area contributed by atoms with Crippen molar-refractivity contribution in [2.45, 2.75) is 39.2 Å². The Kier molecular flexibility index (Phi) is 4.96. The summed E-state index contributed by atoms with van der Waals surface area (Å²) in [4.78, 5) is 16.3. The number of aryl methyl sites for hydroxylation is 1. The molecule has 0 radical (unpaired) electrons. The van der Waals surface area contributed by atoms with Crippen LogP contribution in [0.5, 0.6) is 0 Å². The molecule has 0 aromatic carbocycles. The second-order valence-electron chi connectivity index (χ2n) is 5.32. The van der Waals surface area contributed by atoms with Crippen LogP contribution in [0.4, 0.5) is 0 Å². The molecule has 0 spiro atoms. The molecule has 0 saturated carbocycles. The molecule has 1 aliphatic heterocycles. The maximum atomic E-state index is 12.3. The summed E-state index contributed by atoms with van der Waals surface area (Å²) in [6, 6.07) is 0. The van der Waals surface area contributed by atoms with Crippen molar-refractivity contribution in [1.29, 1.82) is 0 Å². The van der Waals surface area contributed by atoms with Crippen LogP contribution in [0.2, 0.25) is 0 Å². The van der Waals surface area contributed by atoms with Crippen LogP contribution in [0.3, 0.4) is 0 Å². The van der Waals surface area contributed by atoms with Gasteiger partial charge in [0.15, 0.2) is 0 Å². The van der Waals surface area contributed by atoms with Gasteiger partial charge >= 0.3 is 0 Å². The topological polar surface area (TPSA) is 59.0 Å². The van der Waals surface area contributed by atoms with Crippen LogP contribution in [0.15, 0.2) is 18.7 Å². The molecule has 1 fully saturated rings. The van der Waals surface area contributed by atoms with E-state index >= 15 is 0 Å². The van der Waals surface area contributed by atoms with Crippen molar-refractivity contribution in [3.63, 3.8) is 0 Å². The van der Waals surface area contributed by atoms with Crippen LogP contribution in [-0.2, 0) is 11.3 Å². The van der Waals surface area contributed by atoms with Gasteiger partial charge in [-0.3, -0.25) is 4.79 Å². The van der Waals surface area contributed by atoms with E-state index < -0.39 is 0 Å². The molecular formula is C14H24N4O.